The van der Waals surface area contributed by atoms with Crippen molar-refractivity contribution < 1.29 is 9.72 Å². The molecule has 1 aromatic rings. The predicted molar refractivity (Wildman–Crippen MR) is 96.8 cm³/mol. The standard InChI is InChI=1S/C18H24N4O3/c1-3-5-10-21(11-6-4-2)14-15(13-19)18(23)20-16-8-7-9-17(12-16)22(24)25/h7-9,12,14H,3-6,10-11H2,1-2H3,(H,20,23)/b15-14-. The molecule has 0 spiro atoms. The molecule has 0 saturated heterocycles. The fourth-order valence-corrected chi connectivity index (χ4v) is 2.18. The van der Waals surface area contributed by atoms with Crippen molar-refractivity contribution in [2.45, 2.75) is 39.5 Å². The summed E-state index contributed by atoms with van der Waals surface area (Å²) in [7, 11) is 0. The van der Waals surface area contributed by atoms with Gasteiger partial charge in [0.05, 0.1) is 4.92 Å². The van der Waals surface area contributed by atoms with Crippen LogP contribution in [0.25, 0.3) is 0 Å². The van der Waals surface area contributed by atoms with Crippen molar-refractivity contribution >= 4 is 17.3 Å². The molecule has 0 aliphatic carbocycles. The second-order valence-corrected chi connectivity index (χ2v) is 5.66. The van der Waals surface area contributed by atoms with Gasteiger partial charge in [0.25, 0.3) is 11.6 Å². The maximum atomic E-state index is 12.3. The van der Waals surface area contributed by atoms with E-state index >= 15 is 0 Å². The third kappa shape index (κ3) is 7.04. The number of carbonyl (C=O) groups excluding carboxylic acids is 1. The highest BCUT2D eigenvalue weighted by Crippen LogP contribution is 2.17. The van der Waals surface area contributed by atoms with Crippen LogP contribution in [0.4, 0.5) is 11.4 Å². The fraction of sp³-hybridized carbons (Fsp3) is 0.444. The van der Waals surface area contributed by atoms with E-state index in [0.717, 1.165) is 38.8 Å². The zero-order chi connectivity index (χ0) is 18.7. The molecule has 25 heavy (non-hydrogen) atoms. The van der Waals surface area contributed by atoms with Crippen LogP contribution in [0.5, 0.6) is 0 Å². The molecule has 0 aliphatic rings. The summed E-state index contributed by atoms with van der Waals surface area (Å²) in [6, 6.07) is 7.55. The van der Waals surface area contributed by atoms with Gasteiger partial charge in [0.2, 0.25) is 0 Å². The number of benzene rings is 1. The summed E-state index contributed by atoms with van der Waals surface area (Å²) in [4.78, 5) is 24.6. The van der Waals surface area contributed by atoms with Gasteiger partial charge < -0.3 is 10.2 Å². The van der Waals surface area contributed by atoms with E-state index in [1.807, 2.05) is 11.0 Å². The molecule has 134 valence electrons. The number of amides is 1. The van der Waals surface area contributed by atoms with E-state index in [2.05, 4.69) is 19.2 Å². The largest absolute Gasteiger partial charge is 0.376 e. The van der Waals surface area contributed by atoms with Crippen LogP contribution in [0.3, 0.4) is 0 Å². The normalized spacial score (nSPS) is 10.8. The van der Waals surface area contributed by atoms with Crippen molar-refractivity contribution in [1.82, 2.24) is 4.90 Å². The van der Waals surface area contributed by atoms with E-state index in [1.54, 1.807) is 12.3 Å². The smallest absolute Gasteiger partial charge is 0.271 e. The average Bonchev–Trinajstić information content (AvgIpc) is 2.61. The molecular weight excluding hydrogens is 320 g/mol. The summed E-state index contributed by atoms with van der Waals surface area (Å²) >= 11 is 0. The fourth-order valence-electron chi connectivity index (χ4n) is 2.18. The van der Waals surface area contributed by atoms with E-state index in [4.69, 9.17) is 0 Å². The van der Waals surface area contributed by atoms with E-state index in [-0.39, 0.29) is 16.9 Å². The molecule has 1 aromatic carbocycles. The van der Waals surface area contributed by atoms with Gasteiger partial charge in [-0.3, -0.25) is 14.9 Å². The highest BCUT2D eigenvalue weighted by Gasteiger charge is 2.13. The predicted octanol–water partition coefficient (Wildman–Crippen LogP) is 3.84. The second kappa shape index (κ2) is 10.8. The van der Waals surface area contributed by atoms with Crippen LogP contribution in [-0.2, 0) is 4.79 Å². The number of anilines is 1. The quantitative estimate of drug-likeness (QED) is 0.301. The zero-order valence-electron chi connectivity index (χ0n) is 14.7. The Balaban J connectivity index is 2.88. The van der Waals surface area contributed by atoms with Crippen molar-refractivity contribution in [2.24, 2.45) is 0 Å². The highest BCUT2D eigenvalue weighted by atomic mass is 16.6. The average molecular weight is 344 g/mol. The lowest BCUT2D eigenvalue weighted by atomic mass is 10.2. The topological polar surface area (TPSA) is 99.3 Å². The number of hydrogen-bond donors (Lipinski definition) is 1. The minimum atomic E-state index is -0.569. The number of nitrogens with zero attached hydrogens (tertiary/aromatic N) is 3. The number of unbranched alkanes of at least 4 members (excludes halogenated alkanes) is 2. The lowest BCUT2D eigenvalue weighted by Gasteiger charge is -2.20. The van der Waals surface area contributed by atoms with Gasteiger partial charge in [0, 0.05) is 37.1 Å². The lowest BCUT2D eigenvalue weighted by molar-refractivity contribution is -0.384. The van der Waals surface area contributed by atoms with Crippen molar-refractivity contribution in [2.75, 3.05) is 18.4 Å². The summed E-state index contributed by atoms with van der Waals surface area (Å²) in [5.74, 6) is -0.569. The van der Waals surface area contributed by atoms with Crippen LogP contribution in [0.15, 0.2) is 36.0 Å². The zero-order valence-corrected chi connectivity index (χ0v) is 14.7. The summed E-state index contributed by atoms with van der Waals surface area (Å²) in [5, 5.41) is 22.6. The van der Waals surface area contributed by atoms with Crippen molar-refractivity contribution in [3.8, 4) is 6.07 Å². The number of nitriles is 1. The van der Waals surface area contributed by atoms with Crippen LogP contribution < -0.4 is 5.32 Å². The first-order valence-corrected chi connectivity index (χ1v) is 8.43. The van der Waals surface area contributed by atoms with Crippen LogP contribution >= 0.6 is 0 Å². The number of nitrogens with one attached hydrogen (secondary N) is 1. The van der Waals surface area contributed by atoms with E-state index in [0.29, 0.717) is 0 Å². The van der Waals surface area contributed by atoms with Crippen LogP contribution in [0.2, 0.25) is 0 Å². The number of nitro groups is 1. The van der Waals surface area contributed by atoms with Crippen LogP contribution in [0, 0.1) is 21.4 Å². The van der Waals surface area contributed by atoms with Gasteiger partial charge in [-0.1, -0.05) is 32.8 Å². The molecule has 0 heterocycles. The Bertz CT molecular complexity index is 657. The van der Waals surface area contributed by atoms with E-state index in [9.17, 15) is 20.2 Å². The van der Waals surface area contributed by atoms with Gasteiger partial charge in [-0.15, -0.1) is 0 Å². The third-order valence-electron chi connectivity index (χ3n) is 3.59. The van der Waals surface area contributed by atoms with Crippen LogP contribution in [-0.4, -0.2) is 28.8 Å². The Hall–Kier alpha value is -2.88. The summed E-state index contributed by atoms with van der Waals surface area (Å²) < 4.78 is 0. The van der Waals surface area contributed by atoms with Gasteiger partial charge in [0.15, 0.2) is 0 Å². The lowest BCUT2D eigenvalue weighted by Crippen LogP contribution is -2.23. The summed E-state index contributed by atoms with van der Waals surface area (Å²) in [5.41, 5.74) is 0.153. The number of hydrogen-bond acceptors (Lipinski definition) is 5. The van der Waals surface area contributed by atoms with Crippen molar-refractivity contribution in [3.63, 3.8) is 0 Å². The van der Waals surface area contributed by atoms with Gasteiger partial charge in [0.1, 0.15) is 11.6 Å². The SMILES string of the molecule is CCCCN(/C=C(/C#N)C(=O)Nc1cccc([N+](=O)[O-])c1)CCCC. The Kier molecular flexibility index (Phi) is 8.72. The Labute approximate surface area is 148 Å². The second-order valence-electron chi connectivity index (χ2n) is 5.66. The molecule has 0 radical (unpaired) electrons. The van der Waals surface area contributed by atoms with E-state index in [1.165, 1.54) is 18.2 Å². The molecule has 0 bridgehead atoms. The van der Waals surface area contributed by atoms with Crippen LogP contribution in [0.1, 0.15) is 39.5 Å². The minimum Gasteiger partial charge on any atom is -0.376 e. The Morgan fingerprint density at radius 1 is 1.32 bits per heavy atom. The molecule has 0 aliphatic heterocycles. The molecule has 0 unspecified atom stereocenters. The molecule has 0 atom stereocenters. The first-order valence-electron chi connectivity index (χ1n) is 8.43. The number of nitro benzene ring substituents is 1. The van der Waals surface area contributed by atoms with Gasteiger partial charge in [-0.2, -0.15) is 5.26 Å². The first kappa shape index (κ1) is 20.2. The maximum absolute atomic E-state index is 12.3. The molecule has 0 aromatic heterocycles. The minimum absolute atomic E-state index is 0.0151. The summed E-state index contributed by atoms with van der Waals surface area (Å²) in [6.07, 6.45) is 5.59. The monoisotopic (exact) mass is 344 g/mol. The molecule has 1 N–H and O–H groups in total. The first-order chi connectivity index (χ1) is 12.0. The van der Waals surface area contributed by atoms with Crippen molar-refractivity contribution in [1.29, 1.82) is 5.26 Å². The molecule has 0 saturated carbocycles. The number of carbonyl (C=O) groups is 1. The molecule has 7 heteroatoms. The molecule has 0 fully saturated rings. The van der Waals surface area contributed by atoms with Gasteiger partial charge in [-0.05, 0) is 18.9 Å². The van der Waals surface area contributed by atoms with E-state index < -0.39 is 10.8 Å². The van der Waals surface area contributed by atoms with Crippen molar-refractivity contribution in [3.05, 3.63) is 46.2 Å². The summed E-state index contributed by atoms with van der Waals surface area (Å²) in [6.45, 7) is 5.74. The van der Waals surface area contributed by atoms with Gasteiger partial charge >= 0.3 is 0 Å². The maximum Gasteiger partial charge on any atom is 0.271 e. The Morgan fingerprint density at radius 3 is 2.48 bits per heavy atom. The molecule has 1 rings (SSSR count). The number of rotatable bonds is 10. The third-order valence-corrected chi connectivity index (χ3v) is 3.59. The molecule has 7 nitrogen and oxygen atoms in total. The molecular formula is C18H24N4O3. The Morgan fingerprint density at radius 2 is 1.96 bits per heavy atom. The number of non-ortho nitro benzene ring substituents is 1. The van der Waals surface area contributed by atoms with Gasteiger partial charge in [-0.25, -0.2) is 0 Å². The molecule has 1 amide bonds. The highest BCUT2D eigenvalue weighted by molar-refractivity contribution is 6.06.